The van der Waals surface area contributed by atoms with Crippen LogP contribution in [0.15, 0.2) is 66.7 Å². The average molecular weight is 400 g/mol. The van der Waals surface area contributed by atoms with E-state index < -0.39 is 12.1 Å². The zero-order valence-electron chi connectivity index (χ0n) is 16.9. The predicted octanol–water partition coefficient (Wildman–Crippen LogP) is 4.37. The maximum Gasteiger partial charge on any atom is 0.331 e. The molecule has 5 nitrogen and oxygen atoms in total. The van der Waals surface area contributed by atoms with Crippen LogP contribution in [-0.4, -0.2) is 23.0 Å². The molecule has 0 saturated heterocycles. The SMILES string of the molecule is C[C@H](OC(=O)/C=C/c1ccc2ccccc2n1)C(=O)N[C@@H]1CCCc2ccccc21. The molecule has 152 valence electrons. The predicted molar refractivity (Wildman–Crippen MR) is 117 cm³/mol. The van der Waals surface area contributed by atoms with Gasteiger partial charge in [-0.05, 0) is 55.5 Å². The molecule has 3 aromatic rings. The normalized spacial score (nSPS) is 16.8. The zero-order chi connectivity index (χ0) is 20.9. The number of ether oxygens (including phenoxy) is 1. The zero-order valence-corrected chi connectivity index (χ0v) is 16.9. The number of pyridine rings is 1. The summed E-state index contributed by atoms with van der Waals surface area (Å²) in [6, 6.07) is 19.7. The van der Waals surface area contributed by atoms with E-state index in [1.165, 1.54) is 11.6 Å². The number of aryl methyl sites for hydroxylation is 1. The topological polar surface area (TPSA) is 68.3 Å². The first kappa shape index (κ1) is 19.8. The number of hydrogen-bond acceptors (Lipinski definition) is 4. The van der Waals surface area contributed by atoms with E-state index in [1.54, 1.807) is 13.0 Å². The third kappa shape index (κ3) is 4.57. The van der Waals surface area contributed by atoms with Crippen molar-refractivity contribution >= 4 is 28.9 Å². The summed E-state index contributed by atoms with van der Waals surface area (Å²) < 4.78 is 5.29. The van der Waals surface area contributed by atoms with Gasteiger partial charge in [-0.25, -0.2) is 9.78 Å². The number of hydrogen-bond donors (Lipinski definition) is 1. The van der Waals surface area contributed by atoms with Crippen molar-refractivity contribution in [2.75, 3.05) is 0 Å². The molecule has 30 heavy (non-hydrogen) atoms. The number of aromatic nitrogens is 1. The smallest absolute Gasteiger partial charge is 0.331 e. The second kappa shape index (κ2) is 8.91. The van der Waals surface area contributed by atoms with Crippen molar-refractivity contribution in [3.05, 3.63) is 83.6 Å². The van der Waals surface area contributed by atoms with Gasteiger partial charge >= 0.3 is 5.97 Å². The highest BCUT2D eigenvalue weighted by Crippen LogP contribution is 2.29. The molecular formula is C25H24N2O3. The van der Waals surface area contributed by atoms with Crippen LogP contribution in [0.25, 0.3) is 17.0 Å². The molecule has 1 heterocycles. The van der Waals surface area contributed by atoms with Gasteiger partial charge in [0.2, 0.25) is 0 Å². The number of carbonyl (C=O) groups excluding carboxylic acids is 2. The number of benzene rings is 2. The lowest BCUT2D eigenvalue weighted by Gasteiger charge is -2.27. The quantitative estimate of drug-likeness (QED) is 0.510. The van der Waals surface area contributed by atoms with Crippen LogP contribution in [0, 0.1) is 0 Å². The van der Waals surface area contributed by atoms with E-state index in [2.05, 4.69) is 22.4 Å². The van der Waals surface area contributed by atoms with Crippen LogP contribution in [0.5, 0.6) is 0 Å². The summed E-state index contributed by atoms with van der Waals surface area (Å²) in [6.07, 6.45) is 4.96. The lowest BCUT2D eigenvalue weighted by molar-refractivity contribution is -0.150. The van der Waals surface area contributed by atoms with Crippen molar-refractivity contribution in [3.8, 4) is 0 Å². The Balaban J connectivity index is 1.35. The number of esters is 1. The maximum absolute atomic E-state index is 12.6. The highest BCUT2D eigenvalue weighted by Gasteiger charge is 2.24. The van der Waals surface area contributed by atoms with Gasteiger partial charge in [-0.2, -0.15) is 0 Å². The summed E-state index contributed by atoms with van der Waals surface area (Å²) >= 11 is 0. The van der Waals surface area contributed by atoms with E-state index in [0.717, 1.165) is 35.7 Å². The first-order chi connectivity index (χ1) is 14.6. The molecule has 4 rings (SSSR count). The first-order valence-corrected chi connectivity index (χ1v) is 10.2. The van der Waals surface area contributed by atoms with Gasteiger partial charge in [0.25, 0.3) is 5.91 Å². The highest BCUT2D eigenvalue weighted by atomic mass is 16.5. The van der Waals surface area contributed by atoms with Crippen LogP contribution in [0.2, 0.25) is 0 Å². The van der Waals surface area contributed by atoms with Crippen molar-refractivity contribution < 1.29 is 14.3 Å². The van der Waals surface area contributed by atoms with E-state index in [-0.39, 0.29) is 11.9 Å². The largest absolute Gasteiger partial charge is 0.449 e. The Morgan fingerprint density at radius 2 is 1.90 bits per heavy atom. The van der Waals surface area contributed by atoms with E-state index in [0.29, 0.717) is 5.69 Å². The average Bonchev–Trinajstić information content (AvgIpc) is 2.77. The second-order valence-corrected chi connectivity index (χ2v) is 7.49. The summed E-state index contributed by atoms with van der Waals surface area (Å²) in [5, 5.41) is 4.06. The standard InChI is InChI=1S/C25H24N2O3/c1-17(25(29)27-23-12-6-9-18-7-2-4-10-21(18)23)30-24(28)16-15-20-14-13-19-8-3-5-11-22(19)26-20/h2-5,7-8,10-11,13-17,23H,6,9,12H2,1H3,(H,27,29)/b16-15+/t17-,23+/m0/s1. The molecule has 0 saturated carbocycles. The molecule has 0 radical (unpaired) electrons. The number of rotatable bonds is 5. The van der Waals surface area contributed by atoms with Gasteiger partial charge in [0, 0.05) is 11.5 Å². The molecule has 1 aliphatic carbocycles. The van der Waals surface area contributed by atoms with Crippen LogP contribution in [-0.2, 0) is 20.7 Å². The number of nitrogens with zero attached hydrogens (tertiary/aromatic N) is 1. The Morgan fingerprint density at radius 3 is 2.80 bits per heavy atom. The van der Waals surface area contributed by atoms with Gasteiger partial charge in [0.1, 0.15) is 0 Å². The Kier molecular flexibility index (Phi) is 5.89. The number of nitrogens with one attached hydrogen (secondary N) is 1. The van der Waals surface area contributed by atoms with Crippen LogP contribution in [0.1, 0.15) is 42.6 Å². The van der Waals surface area contributed by atoms with Gasteiger partial charge in [-0.15, -0.1) is 0 Å². The van der Waals surface area contributed by atoms with E-state index in [4.69, 9.17) is 4.74 Å². The third-order valence-electron chi connectivity index (χ3n) is 5.36. The highest BCUT2D eigenvalue weighted by molar-refractivity contribution is 5.90. The number of carbonyl (C=O) groups is 2. The van der Waals surface area contributed by atoms with E-state index >= 15 is 0 Å². The fourth-order valence-corrected chi connectivity index (χ4v) is 3.79. The molecule has 0 spiro atoms. The van der Waals surface area contributed by atoms with Crippen LogP contribution in [0.4, 0.5) is 0 Å². The molecule has 2 atom stereocenters. The number of para-hydroxylation sites is 1. The Bertz CT molecular complexity index is 1110. The molecule has 0 bridgehead atoms. The molecular weight excluding hydrogens is 376 g/mol. The molecule has 1 N–H and O–H groups in total. The Labute approximate surface area is 175 Å². The van der Waals surface area contributed by atoms with Gasteiger partial charge < -0.3 is 10.1 Å². The van der Waals surface area contributed by atoms with Gasteiger partial charge in [-0.3, -0.25) is 4.79 Å². The monoisotopic (exact) mass is 400 g/mol. The number of amides is 1. The molecule has 5 heteroatoms. The van der Waals surface area contributed by atoms with Crippen LogP contribution >= 0.6 is 0 Å². The van der Waals surface area contributed by atoms with Gasteiger partial charge in [-0.1, -0.05) is 48.5 Å². The number of fused-ring (bicyclic) bond motifs is 2. The summed E-state index contributed by atoms with van der Waals surface area (Å²) in [7, 11) is 0. The molecule has 0 aliphatic heterocycles. The molecule has 0 fully saturated rings. The van der Waals surface area contributed by atoms with Gasteiger partial charge in [0.05, 0.1) is 17.3 Å². The van der Waals surface area contributed by atoms with Crippen LogP contribution in [0.3, 0.4) is 0 Å². The maximum atomic E-state index is 12.6. The Hall–Kier alpha value is -3.47. The molecule has 0 unspecified atom stereocenters. The minimum absolute atomic E-state index is 0.0408. The Morgan fingerprint density at radius 1 is 1.10 bits per heavy atom. The van der Waals surface area contributed by atoms with Crippen LogP contribution < -0.4 is 5.32 Å². The molecule has 1 aliphatic rings. The van der Waals surface area contributed by atoms with Crippen molar-refractivity contribution in [3.63, 3.8) is 0 Å². The van der Waals surface area contributed by atoms with E-state index in [1.807, 2.05) is 48.5 Å². The summed E-state index contributed by atoms with van der Waals surface area (Å²) in [6.45, 7) is 1.59. The van der Waals surface area contributed by atoms with Crippen molar-refractivity contribution in [1.29, 1.82) is 0 Å². The first-order valence-electron chi connectivity index (χ1n) is 10.2. The lowest BCUT2D eigenvalue weighted by Crippen LogP contribution is -2.39. The third-order valence-corrected chi connectivity index (χ3v) is 5.36. The summed E-state index contributed by atoms with van der Waals surface area (Å²) in [5.74, 6) is -0.862. The summed E-state index contributed by atoms with van der Waals surface area (Å²) in [4.78, 5) is 29.2. The molecule has 1 aromatic heterocycles. The lowest BCUT2D eigenvalue weighted by atomic mass is 9.87. The van der Waals surface area contributed by atoms with Crippen molar-refractivity contribution in [2.45, 2.75) is 38.3 Å². The minimum Gasteiger partial charge on any atom is -0.449 e. The van der Waals surface area contributed by atoms with E-state index in [9.17, 15) is 9.59 Å². The molecule has 2 aromatic carbocycles. The molecule has 1 amide bonds. The van der Waals surface area contributed by atoms with Crippen molar-refractivity contribution in [1.82, 2.24) is 10.3 Å². The van der Waals surface area contributed by atoms with Crippen molar-refractivity contribution in [2.24, 2.45) is 0 Å². The summed E-state index contributed by atoms with van der Waals surface area (Å²) in [5.41, 5.74) is 3.93. The fourth-order valence-electron chi connectivity index (χ4n) is 3.79. The fraction of sp³-hybridized carbons (Fsp3) is 0.240. The second-order valence-electron chi connectivity index (χ2n) is 7.49. The van der Waals surface area contributed by atoms with Gasteiger partial charge in [0.15, 0.2) is 6.10 Å². The minimum atomic E-state index is -0.874.